The molecule has 0 aliphatic heterocycles. The van der Waals surface area contributed by atoms with Gasteiger partial charge in [0.1, 0.15) is 0 Å². The van der Waals surface area contributed by atoms with E-state index in [2.05, 4.69) is 13.8 Å². The van der Waals surface area contributed by atoms with Crippen molar-refractivity contribution in [3.05, 3.63) is 35.9 Å². The Labute approximate surface area is 134 Å². The molecule has 3 heteroatoms. The summed E-state index contributed by atoms with van der Waals surface area (Å²) in [7, 11) is 0. The minimum atomic E-state index is -0.724. The molecule has 0 aromatic heterocycles. The molecule has 1 rings (SSSR count). The average molecular weight is 303 g/mol. The van der Waals surface area contributed by atoms with Crippen molar-refractivity contribution >= 4 is 12.2 Å². The number of hydrogen-bond donors (Lipinski definition) is 0. The lowest BCUT2D eigenvalue weighted by Crippen LogP contribution is -2.39. The predicted octanol–water partition coefficient (Wildman–Crippen LogP) is 4.79. The Kier molecular flexibility index (Phi) is 8.49. The highest BCUT2D eigenvalue weighted by atomic mass is 16.5. The average Bonchev–Trinajstić information content (AvgIpc) is 2.55. The van der Waals surface area contributed by atoms with E-state index in [1.807, 2.05) is 43.5 Å². The molecule has 122 valence electrons. The molecule has 0 unspecified atom stereocenters. The second kappa shape index (κ2) is 10.1. The lowest BCUT2D eigenvalue weighted by Gasteiger charge is -2.27. The summed E-state index contributed by atoms with van der Waals surface area (Å²) in [5.41, 5.74) is 0.293. The number of nitrogens with zero attached hydrogens (tertiary/aromatic N) is 1. The van der Waals surface area contributed by atoms with Gasteiger partial charge in [-0.05, 0) is 25.3 Å². The van der Waals surface area contributed by atoms with Crippen LogP contribution in [-0.4, -0.2) is 24.3 Å². The van der Waals surface area contributed by atoms with E-state index in [0.29, 0.717) is 6.61 Å². The van der Waals surface area contributed by atoms with Crippen LogP contribution in [0.5, 0.6) is 0 Å². The number of ether oxygens (including phenoxy) is 1. The highest BCUT2D eigenvalue weighted by Gasteiger charge is 2.37. The Morgan fingerprint density at radius 1 is 1.09 bits per heavy atom. The first-order valence-electron chi connectivity index (χ1n) is 8.46. The van der Waals surface area contributed by atoms with Gasteiger partial charge in [0.05, 0.1) is 6.61 Å². The minimum absolute atomic E-state index is 0.177. The Bertz CT molecular complexity index is 446. The first-order chi connectivity index (χ1) is 10.7. The summed E-state index contributed by atoms with van der Waals surface area (Å²) in [5.74, 6) is -0.177. The molecule has 0 atom stereocenters. The van der Waals surface area contributed by atoms with E-state index >= 15 is 0 Å². The number of unbranched alkanes of at least 4 members (excludes halogenated alkanes) is 2. The van der Waals surface area contributed by atoms with Crippen LogP contribution < -0.4 is 0 Å². The standard InChI is InChI=1S/C19H29NO2/c1-4-7-14-19(15-8-5-2,18(21)22-6-3)20-16-17-12-10-9-11-13-17/h9-13,16H,4-8,14-15H2,1-3H3. The molecule has 1 aromatic rings. The van der Waals surface area contributed by atoms with Crippen molar-refractivity contribution in [1.29, 1.82) is 0 Å². The van der Waals surface area contributed by atoms with Crippen molar-refractivity contribution in [1.82, 2.24) is 0 Å². The molecule has 0 aliphatic carbocycles. The molecule has 0 bridgehead atoms. The summed E-state index contributed by atoms with van der Waals surface area (Å²) in [6.45, 7) is 6.52. The van der Waals surface area contributed by atoms with Crippen molar-refractivity contribution in [2.45, 2.75) is 64.8 Å². The summed E-state index contributed by atoms with van der Waals surface area (Å²) >= 11 is 0. The van der Waals surface area contributed by atoms with Crippen LogP contribution in [0.25, 0.3) is 0 Å². The first-order valence-corrected chi connectivity index (χ1v) is 8.46. The highest BCUT2D eigenvalue weighted by molar-refractivity contribution is 5.87. The molecule has 0 spiro atoms. The largest absolute Gasteiger partial charge is 0.464 e. The van der Waals surface area contributed by atoms with Gasteiger partial charge in [-0.1, -0.05) is 69.9 Å². The van der Waals surface area contributed by atoms with Crippen molar-refractivity contribution in [3.8, 4) is 0 Å². The van der Waals surface area contributed by atoms with E-state index in [1.165, 1.54) is 0 Å². The maximum absolute atomic E-state index is 12.6. The van der Waals surface area contributed by atoms with Crippen LogP contribution in [-0.2, 0) is 9.53 Å². The van der Waals surface area contributed by atoms with Crippen molar-refractivity contribution < 1.29 is 9.53 Å². The topological polar surface area (TPSA) is 38.7 Å². The number of carbonyl (C=O) groups is 1. The molecule has 0 saturated carbocycles. The number of esters is 1. The van der Waals surface area contributed by atoms with Gasteiger partial charge in [-0.2, -0.15) is 0 Å². The van der Waals surface area contributed by atoms with Gasteiger partial charge in [-0.3, -0.25) is 4.99 Å². The molecule has 0 amide bonds. The molecule has 0 saturated heterocycles. The van der Waals surface area contributed by atoms with Gasteiger partial charge in [0.25, 0.3) is 0 Å². The van der Waals surface area contributed by atoms with E-state index in [9.17, 15) is 4.79 Å². The molecule has 0 heterocycles. The Hall–Kier alpha value is -1.64. The quantitative estimate of drug-likeness (QED) is 0.460. The lowest BCUT2D eigenvalue weighted by molar-refractivity contribution is -0.150. The number of carbonyl (C=O) groups excluding carboxylic acids is 1. The number of aliphatic imine (C=N–C) groups is 1. The fourth-order valence-corrected chi connectivity index (χ4v) is 2.45. The maximum atomic E-state index is 12.6. The van der Waals surface area contributed by atoms with Gasteiger partial charge >= 0.3 is 5.97 Å². The van der Waals surface area contributed by atoms with E-state index in [-0.39, 0.29) is 5.97 Å². The van der Waals surface area contributed by atoms with Crippen molar-refractivity contribution in [3.63, 3.8) is 0 Å². The van der Waals surface area contributed by atoms with Gasteiger partial charge in [0.15, 0.2) is 5.54 Å². The molecular formula is C19H29NO2. The maximum Gasteiger partial charge on any atom is 0.333 e. The Morgan fingerprint density at radius 2 is 1.68 bits per heavy atom. The van der Waals surface area contributed by atoms with Crippen LogP contribution in [0.2, 0.25) is 0 Å². The van der Waals surface area contributed by atoms with E-state index < -0.39 is 5.54 Å². The van der Waals surface area contributed by atoms with Crippen LogP contribution in [0.4, 0.5) is 0 Å². The second-order valence-corrected chi connectivity index (χ2v) is 5.63. The summed E-state index contributed by atoms with van der Waals surface area (Å²) in [4.78, 5) is 17.3. The Balaban J connectivity index is 3.03. The zero-order chi connectivity index (χ0) is 16.3. The summed E-state index contributed by atoms with van der Waals surface area (Å²) in [5, 5.41) is 0. The minimum Gasteiger partial charge on any atom is -0.464 e. The third kappa shape index (κ3) is 5.63. The third-order valence-corrected chi connectivity index (χ3v) is 3.80. The predicted molar refractivity (Wildman–Crippen MR) is 92.5 cm³/mol. The van der Waals surface area contributed by atoms with Crippen molar-refractivity contribution in [2.75, 3.05) is 6.61 Å². The van der Waals surface area contributed by atoms with Gasteiger partial charge in [-0.15, -0.1) is 0 Å². The molecule has 3 nitrogen and oxygen atoms in total. The zero-order valence-electron chi connectivity index (χ0n) is 14.2. The fourth-order valence-electron chi connectivity index (χ4n) is 2.45. The van der Waals surface area contributed by atoms with Crippen LogP contribution in [0, 0.1) is 0 Å². The van der Waals surface area contributed by atoms with Crippen LogP contribution in [0.15, 0.2) is 35.3 Å². The molecule has 1 aromatic carbocycles. The van der Waals surface area contributed by atoms with Crippen LogP contribution in [0.1, 0.15) is 64.9 Å². The summed E-state index contributed by atoms with van der Waals surface area (Å²) < 4.78 is 5.34. The van der Waals surface area contributed by atoms with Gasteiger partial charge in [0, 0.05) is 6.21 Å². The Morgan fingerprint density at radius 3 is 2.18 bits per heavy atom. The normalized spacial score (nSPS) is 11.8. The highest BCUT2D eigenvalue weighted by Crippen LogP contribution is 2.28. The number of rotatable bonds is 10. The van der Waals surface area contributed by atoms with E-state index in [4.69, 9.17) is 9.73 Å². The summed E-state index contributed by atoms with van der Waals surface area (Å²) in [6.07, 6.45) is 7.39. The molecule has 0 aliphatic rings. The SMILES string of the molecule is CCCCC(CCCC)(N=Cc1ccccc1)C(=O)OCC. The smallest absolute Gasteiger partial charge is 0.333 e. The molecule has 0 radical (unpaired) electrons. The molecule has 22 heavy (non-hydrogen) atoms. The monoisotopic (exact) mass is 303 g/mol. The lowest BCUT2D eigenvalue weighted by atomic mass is 9.87. The van der Waals surface area contributed by atoms with Crippen LogP contribution >= 0.6 is 0 Å². The number of hydrogen-bond acceptors (Lipinski definition) is 3. The molecular weight excluding hydrogens is 274 g/mol. The van der Waals surface area contributed by atoms with Gasteiger partial charge < -0.3 is 4.74 Å². The molecule has 0 fully saturated rings. The number of benzene rings is 1. The first kappa shape index (κ1) is 18.4. The summed E-state index contributed by atoms with van der Waals surface area (Å²) in [6, 6.07) is 9.93. The van der Waals surface area contributed by atoms with Crippen LogP contribution in [0.3, 0.4) is 0 Å². The fraction of sp³-hybridized carbons (Fsp3) is 0.579. The molecule has 0 N–H and O–H groups in total. The van der Waals surface area contributed by atoms with Gasteiger partial charge in [-0.25, -0.2) is 4.79 Å². The zero-order valence-corrected chi connectivity index (χ0v) is 14.2. The van der Waals surface area contributed by atoms with E-state index in [1.54, 1.807) is 0 Å². The second-order valence-electron chi connectivity index (χ2n) is 5.63. The van der Waals surface area contributed by atoms with Crippen molar-refractivity contribution in [2.24, 2.45) is 4.99 Å². The third-order valence-electron chi connectivity index (χ3n) is 3.80. The van der Waals surface area contributed by atoms with Gasteiger partial charge in [0.2, 0.25) is 0 Å². The van der Waals surface area contributed by atoms with E-state index in [0.717, 1.165) is 44.1 Å².